The third-order valence-corrected chi connectivity index (χ3v) is 3.59. The average molecular weight is 249 g/mol. The van der Waals surface area contributed by atoms with Crippen molar-refractivity contribution in [2.45, 2.75) is 45.4 Å². The zero-order valence-electron chi connectivity index (χ0n) is 10.7. The van der Waals surface area contributed by atoms with Crippen LogP contribution in [0.3, 0.4) is 0 Å². The number of hydrogen-bond donors (Lipinski definition) is 1. The van der Waals surface area contributed by atoms with Crippen LogP contribution in [0.4, 0.5) is 0 Å². The highest BCUT2D eigenvalue weighted by Crippen LogP contribution is 2.08. The van der Waals surface area contributed by atoms with Gasteiger partial charge in [-0.05, 0) is 20.3 Å². The molecule has 16 heavy (non-hydrogen) atoms. The summed E-state index contributed by atoms with van der Waals surface area (Å²) in [5.74, 6) is 0.678. The summed E-state index contributed by atoms with van der Waals surface area (Å²) in [7, 11) is 0. The fourth-order valence-corrected chi connectivity index (χ4v) is 2.27. The molecule has 96 valence electrons. The highest BCUT2D eigenvalue weighted by atomic mass is 35.5. The van der Waals surface area contributed by atoms with Gasteiger partial charge in [-0.15, -0.1) is 11.6 Å². The summed E-state index contributed by atoms with van der Waals surface area (Å²) in [4.78, 5) is 2.47. The number of nitrogens with zero attached hydrogens (tertiary/aromatic N) is 1. The largest absolute Gasteiger partial charge is 0.374 e. The lowest BCUT2D eigenvalue weighted by Crippen LogP contribution is -2.50. The molecule has 0 amide bonds. The lowest BCUT2D eigenvalue weighted by Gasteiger charge is -2.36. The number of hydrogen-bond acceptors (Lipinski definition) is 3. The van der Waals surface area contributed by atoms with Gasteiger partial charge in [-0.2, -0.15) is 0 Å². The molecule has 1 aliphatic rings. The van der Waals surface area contributed by atoms with Gasteiger partial charge in [0, 0.05) is 37.6 Å². The second-order valence-corrected chi connectivity index (χ2v) is 5.06. The van der Waals surface area contributed by atoms with Crippen molar-refractivity contribution in [3.05, 3.63) is 0 Å². The first-order chi connectivity index (χ1) is 7.67. The first-order valence-electron chi connectivity index (χ1n) is 6.32. The van der Waals surface area contributed by atoms with Crippen molar-refractivity contribution < 1.29 is 4.74 Å². The topological polar surface area (TPSA) is 24.5 Å². The van der Waals surface area contributed by atoms with Crippen molar-refractivity contribution in [3.8, 4) is 0 Å². The number of alkyl halides is 1. The third-order valence-electron chi connectivity index (χ3n) is 3.21. The van der Waals surface area contributed by atoms with Crippen LogP contribution in [-0.4, -0.2) is 55.2 Å². The molecule has 3 nitrogen and oxygen atoms in total. The van der Waals surface area contributed by atoms with Gasteiger partial charge in [0.15, 0.2) is 0 Å². The third kappa shape index (κ3) is 4.58. The Hall–Kier alpha value is 0.170. The fourth-order valence-electron chi connectivity index (χ4n) is 1.94. The van der Waals surface area contributed by atoms with Crippen LogP contribution in [0.2, 0.25) is 0 Å². The van der Waals surface area contributed by atoms with E-state index in [1.165, 1.54) is 0 Å². The number of nitrogens with one attached hydrogen (secondary N) is 1. The van der Waals surface area contributed by atoms with Crippen LogP contribution < -0.4 is 5.32 Å². The van der Waals surface area contributed by atoms with Crippen molar-refractivity contribution in [2.24, 2.45) is 0 Å². The molecule has 0 aromatic rings. The first kappa shape index (κ1) is 14.2. The maximum absolute atomic E-state index is 5.85. The molecule has 1 saturated heterocycles. The van der Waals surface area contributed by atoms with Crippen LogP contribution in [0.1, 0.15) is 27.2 Å². The van der Waals surface area contributed by atoms with Crippen molar-refractivity contribution in [3.63, 3.8) is 0 Å². The highest BCUT2D eigenvalue weighted by Gasteiger charge is 2.22. The summed E-state index contributed by atoms with van der Waals surface area (Å²) >= 11 is 5.85. The number of morpholine rings is 1. The maximum Gasteiger partial charge on any atom is 0.0826 e. The zero-order valence-corrected chi connectivity index (χ0v) is 11.5. The molecule has 0 saturated carbocycles. The molecule has 1 rings (SSSR count). The normalized spacial score (nSPS) is 24.9. The van der Waals surface area contributed by atoms with Crippen molar-refractivity contribution >= 4 is 11.6 Å². The molecule has 0 aromatic heterocycles. The molecule has 1 heterocycles. The van der Waals surface area contributed by atoms with E-state index in [-0.39, 0.29) is 0 Å². The van der Waals surface area contributed by atoms with E-state index in [9.17, 15) is 0 Å². The van der Waals surface area contributed by atoms with Crippen molar-refractivity contribution in [1.29, 1.82) is 0 Å². The summed E-state index contributed by atoms with van der Waals surface area (Å²) in [5, 5.41) is 3.46. The van der Waals surface area contributed by atoms with E-state index in [2.05, 4.69) is 31.0 Å². The number of halogens is 1. The molecule has 0 aromatic carbocycles. The van der Waals surface area contributed by atoms with Gasteiger partial charge in [-0.3, -0.25) is 4.90 Å². The quantitative estimate of drug-likeness (QED) is 0.725. The molecule has 0 radical (unpaired) electrons. The predicted molar refractivity (Wildman–Crippen MR) is 69.3 cm³/mol. The predicted octanol–water partition coefficient (Wildman–Crippen LogP) is 1.70. The van der Waals surface area contributed by atoms with E-state index >= 15 is 0 Å². The summed E-state index contributed by atoms with van der Waals surface area (Å²) in [5.41, 5.74) is 0. The molecule has 2 unspecified atom stereocenters. The lowest BCUT2D eigenvalue weighted by atomic mass is 10.2. The molecule has 4 heteroatoms. The van der Waals surface area contributed by atoms with Gasteiger partial charge < -0.3 is 10.1 Å². The molecule has 0 spiro atoms. The summed E-state index contributed by atoms with van der Waals surface area (Å²) in [6.45, 7) is 10.5. The average Bonchev–Trinajstić information content (AvgIpc) is 2.31. The van der Waals surface area contributed by atoms with Crippen LogP contribution in [0.25, 0.3) is 0 Å². The molecule has 1 N–H and O–H groups in total. The molecular weight excluding hydrogens is 224 g/mol. The van der Waals surface area contributed by atoms with Crippen molar-refractivity contribution in [2.75, 3.05) is 32.1 Å². The van der Waals surface area contributed by atoms with Gasteiger partial charge in [0.1, 0.15) is 0 Å². The second kappa shape index (κ2) is 7.49. The minimum absolute atomic E-state index is 0.313. The van der Waals surface area contributed by atoms with E-state index in [4.69, 9.17) is 16.3 Å². The monoisotopic (exact) mass is 248 g/mol. The summed E-state index contributed by atoms with van der Waals surface area (Å²) in [6, 6.07) is 1.03. The standard InChI is InChI=1S/C12H25ClN2O/c1-4-11(7-13)14-8-12-9-15(10(2)3)5-6-16-12/h10-12,14H,4-9H2,1-3H3. The Morgan fingerprint density at radius 1 is 1.50 bits per heavy atom. The Labute approximate surface area is 104 Å². The Morgan fingerprint density at radius 2 is 2.25 bits per heavy atom. The summed E-state index contributed by atoms with van der Waals surface area (Å²) < 4.78 is 5.75. The lowest BCUT2D eigenvalue weighted by molar-refractivity contribution is -0.0379. The Morgan fingerprint density at radius 3 is 2.81 bits per heavy atom. The zero-order chi connectivity index (χ0) is 12.0. The molecule has 0 bridgehead atoms. The van der Waals surface area contributed by atoms with Crippen LogP contribution in [0.5, 0.6) is 0 Å². The van der Waals surface area contributed by atoms with Crippen LogP contribution in [0, 0.1) is 0 Å². The highest BCUT2D eigenvalue weighted by molar-refractivity contribution is 6.18. The minimum atomic E-state index is 0.313. The Bertz CT molecular complexity index is 186. The van der Waals surface area contributed by atoms with Crippen LogP contribution in [-0.2, 0) is 4.74 Å². The van der Waals surface area contributed by atoms with E-state index in [0.29, 0.717) is 24.1 Å². The van der Waals surface area contributed by atoms with Crippen LogP contribution in [0.15, 0.2) is 0 Å². The molecule has 1 aliphatic heterocycles. The fraction of sp³-hybridized carbons (Fsp3) is 1.00. The smallest absolute Gasteiger partial charge is 0.0826 e. The van der Waals surface area contributed by atoms with Gasteiger partial charge in [-0.1, -0.05) is 6.92 Å². The van der Waals surface area contributed by atoms with E-state index < -0.39 is 0 Å². The van der Waals surface area contributed by atoms with Crippen molar-refractivity contribution in [1.82, 2.24) is 10.2 Å². The van der Waals surface area contributed by atoms with E-state index in [1.807, 2.05) is 0 Å². The number of rotatable bonds is 6. The SMILES string of the molecule is CCC(CCl)NCC1CN(C(C)C)CCO1. The Balaban J connectivity index is 2.26. The van der Waals surface area contributed by atoms with E-state index in [1.54, 1.807) is 0 Å². The van der Waals surface area contributed by atoms with Crippen LogP contribution >= 0.6 is 11.6 Å². The second-order valence-electron chi connectivity index (χ2n) is 4.75. The minimum Gasteiger partial charge on any atom is -0.374 e. The Kier molecular flexibility index (Phi) is 6.66. The van der Waals surface area contributed by atoms with Gasteiger partial charge >= 0.3 is 0 Å². The van der Waals surface area contributed by atoms with Gasteiger partial charge in [0.2, 0.25) is 0 Å². The number of ether oxygens (including phenoxy) is 1. The maximum atomic E-state index is 5.85. The first-order valence-corrected chi connectivity index (χ1v) is 6.85. The summed E-state index contributed by atoms with van der Waals surface area (Å²) in [6.07, 6.45) is 1.39. The van der Waals surface area contributed by atoms with Gasteiger partial charge in [0.05, 0.1) is 12.7 Å². The molecule has 0 aliphatic carbocycles. The van der Waals surface area contributed by atoms with Gasteiger partial charge in [-0.25, -0.2) is 0 Å². The molecule has 1 fully saturated rings. The molecular formula is C12H25ClN2O. The van der Waals surface area contributed by atoms with E-state index in [0.717, 1.165) is 32.7 Å². The van der Waals surface area contributed by atoms with Gasteiger partial charge in [0.25, 0.3) is 0 Å². The molecule has 2 atom stereocenters.